The van der Waals surface area contributed by atoms with Gasteiger partial charge in [-0.15, -0.1) is 10.2 Å². The fourth-order valence-electron chi connectivity index (χ4n) is 3.30. The second-order valence-electron chi connectivity index (χ2n) is 7.47. The number of amides is 2. The number of nitro groups is 1. The molecule has 12 heteroatoms. The number of hydrogen-bond acceptors (Lipinski definition) is 7. The standard InChI is InChI=1S/C24H21FN6O4S/c1-35-21-7-2-4-16(12-21)15-36-24-29-28-22(30(24)19-8-10-20(11-9-19)31(33)34)14-26-23(32)27-18-6-3-5-17(25)13-18/h2-13H,14-15H2,1H3,(H2,26,27,32). The summed E-state index contributed by atoms with van der Waals surface area (Å²) in [5, 5.41) is 25.3. The van der Waals surface area contributed by atoms with Crippen molar-refractivity contribution in [3.63, 3.8) is 0 Å². The van der Waals surface area contributed by atoms with Crippen molar-refractivity contribution in [1.29, 1.82) is 0 Å². The molecule has 0 aliphatic heterocycles. The lowest BCUT2D eigenvalue weighted by atomic mass is 10.2. The fraction of sp³-hybridized carbons (Fsp3) is 0.125. The number of carbonyl (C=O) groups excluding carboxylic acids is 1. The second kappa shape index (κ2) is 11.3. The molecular weight excluding hydrogens is 487 g/mol. The van der Waals surface area contributed by atoms with Crippen LogP contribution in [0.2, 0.25) is 0 Å². The lowest BCUT2D eigenvalue weighted by molar-refractivity contribution is -0.384. The molecule has 0 fully saturated rings. The highest BCUT2D eigenvalue weighted by atomic mass is 32.2. The summed E-state index contributed by atoms with van der Waals surface area (Å²) in [4.78, 5) is 22.9. The molecule has 0 radical (unpaired) electrons. The van der Waals surface area contributed by atoms with Crippen LogP contribution in [0.1, 0.15) is 11.4 Å². The van der Waals surface area contributed by atoms with E-state index in [4.69, 9.17) is 4.74 Å². The quantitative estimate of drug-likeness (QED) is 0.186. The van der Waals surface area contributed by atoms with Crippen molar-refractivity contribution in [2.45, 2.75) is 17.5 Å². The number of urea groups is 1. The number of non-ortho nitro benzene ring substituents is 1. The zero-order valence-corrected chi connectivity index (χ0v) is 19.9. The number of aromatic nitrogens is 3. The van der Waals surface area contributed by atoms with Gasteiger partial charge in [0.25, 0.3) is 5.69 Å². The van der Waals surface area contributed by atoms with Crippen molar-refractivity contribution in [3.8, 4) is 11.4 Å². The molecule has 4 rings (SSSR count). The predicted octanol–water partition coefficient (Wildman–Crippen LogP) is 4.94. The first-order chi connectivity index (χ1) is 17.4. The van der Waals surface area contributed by atoms with Gasteiger partial charge in [-0.05, 0) is 48.0 Å². The van der Waals surface area contributed by atoms with Gasteiger partial charge >= 0.3 is 6.03 Å². The number of nitrogens with zero attached hydrogens (tertiary/aromatic N) is 4. The molecule has 0 atom stereocenters. The van der Waals surface area contributed by atoms with Gasteiger partial charge in [0.05, 0.1) is 18.6 Å². The number of nitro benzene ring substituents is 1. The molecule has 10 nitrogen and oxygen atoms in total. The van der Waals surface area contributed by atoms with Crippen LogP contribution >= 0.6 is 11.8 Å². The smallest absolute Gasteiger partial charge is 0.319 e. The number of hydrogen-bond donors (Lipinski definition) is 2. The molecule has 2 N–H and O–H groups in total. The zero-order valence-electron chi connectivity index (χ0n) is 19.1. The van der Waals surface area contributed by atoms with E-state index in [1.807, 2.05) is 24.3 Å². The lowest BCUT2D eigenvalue weighted by Gasteiger charge is -2.12. The molecule has 36 heavy (non-hydrogen) atoms. The molecule has 2 amide bonds. The number of carbonyl (C=O) groups is 1. The van der Waals surface area contributed by atoms with Crippen molar-refractivity contribution < 1.29 is 18.8 Å². The van der Waals surface area contributed by atoms with Crippen LogP contribution in [-0.2, 0) is 12.3 Å². The number of thioether (sulfide) groups is 1. The highest BCUT2D eigenvalue weighted by Crippen LogP contribution is 2.27. The Morgan fingerprint density at radius 3 is 2.61 bits per heavy atom. The number of rotatable bonds is 9. The predicted molar refractivity (Wildman–Crippen MR) is 133 cm³/mol. The van der Waals surface area contributed by atoms with Crippen LogP contribution in [0, 0.1) is 15.9 Å². The van der Waals surface area contributed by atoms with Crippen molar-refractivity contribution in [3.05, 3.63) is 100 Å². The summed E-state index contributed by atoms with van der Waals surface area (Å²) in [7, 11) is 1.60. The minimum Gasteiger partial charge on any atom is -0.497 e. The Balaban J connectivity index is 1.54. The van der Waals surface area contributed by atoms with Gasteiger partial charge in [0.1, 0.15) is 11.6 Å². The molecule has 184 valence electrons. The fourth-order valence-corrected chi connectivity index (χ4v) is 4.22. The minimum absolute atomic E-state index is 0.00482. The molecule has 0 aliphatic carbocycles. The molecule has 1 aromatic heterocycles. The topological polar surface area (TPSA) is 124 Å². The maximum atomic E-state index is 13.4. The van der Waals surface area contributed by atoms with Crippen LogP contribution in [0.4, 0.5) is 20.6 Å². The highest BCUT2D eigenvalue weighted by Gasteiger charge is 2.17. The number of anilines is 1. The number of methoxy groups -OCH3 is 1. The highest BCUT2D eigenvalue weighted by molar-refractivity contribution is 7.98. The van der Waals surface area contributed by atoms with E-state index in [2.05, 4.69) is 20.8 Å². The van der Waals surface area contributed by atoms with Gasteiger partial charge in [0, 0.05) is 29.3 Å². The van der Waals surface area contributed by atoms with Gasteiger partial charge in [0.15, 0.2) is 11.0 Å². The van der Waals surface area contributed by atoms with Gasteiger partial charge in [-0.25, -0.2) is 9.18 Å². The van der Waals surface area contributed by atoms with Crippen LogP contribution in [0.25, 0.3) is 5.69 Å². The van der Waals surface area contributed by atoms with Crippen molar-refractivity contribution >= 4 is 29.2 Å². The first-order valence-corrected chi connectivity index (χ1v) is 11.7. The molecule has 0 saturated heterocycles. The van der Waals surface area contributed by atoms with E-state index < -0.39 is 16.8 Å². The van der Waals surface area contributed by atoms with E-state index in [1.165, 1.54) is 42.1 Å². The average molecular weight is 509 g/mol. The molecule has 1 heterocycles. The summed E-state index contributed by atoms with van der Waals surface area (Å²) in [6.07, 6.45) is 0. The van der Waals surface area contributed by atoms with E-state index in [-0.39, 0.29) is 12.2 Å². The van der Waals surface area contributed by atoms with Gasteiger partial charge in [0.2, 0.25) is 0 Å². The minimum atomic E-state index is -0.551. The zero-order chi connectivity index (χ0) is 25.5. The number of halogens is 1. The van der Waals surface area contributed by atoms with E-state index >= 15 is 0 Å². The van der Waals surface area contributed by atoms with Crippen LogP contribution in [-0.4, -0.2) is 32.8 Å². The maximum Gasteiger partial charge on any atom is 0.319 e. The Bertz CT molecular complexity index is 1380. The lowest BCUT2D eigenvalue weighted by Crippen LogP contribution is -2.29. The summed E-state index contributed by atoms with van der Waals surface area (Å²) < 4.78 is 20.4. The normalized spacial score (nSPS) is 10.6. The van der Waals surface area contributed by atoms with E-state index in [1.54, 1.807) is 29.9 Å². The number of ether oxygens (including phenoxy) is 1. The summed E-state index contributed by atoms with van der Waals surface area (Å²) in [6, 6.07) is 18.6. The average Bonchev–Trinajstić information content (AvgIpc) is 3.29. The summed E-state index contributed by atoms with van der Waals surface area (Å²) >= 11 is 1.41. The maximum absolute atomic E-state index is 13.4. The third-order valence-electron chi connectivity index (χ3n) is 5.01. The third kappa shape index (κ3) is 6.16. The van der Waals surface area contributed by atoms with E-state index in [9.17, 15) is 19.3 Å². The summed E-state index contributed by atoms with van der Waals surface area (Å²) in [5.41, 5.74) is 1.86. The molecule has 3 aromatic carbocycles. The second-order valence-corrected chi connectivity index (χ2v) is 8.41. The first-order valence-electron chi connectivity index (χ1n) is 10.7. The third-order valence-corrected chi connectivity index (χ3v) is 6.01. The van der Waals surface area contributed by atoms with Gasteiger partial charge in [-0.1, -0.05) is 30.0 Å². The van der Waals surface area contributed by atoms with E-state index in [0.29, 0.717) is 28.1 Å². The molecule has 0 spiro atoms. The SMILES string of the molecule is COc1cccc(CSc2nnc(CNC(=O)Nc3cccc(F)c3)n2-c2ccc([N+](=O)[O-])cc2)c1. The Morgan fingerprint density at radius 2 is 1.89 bits per heavy atom. The summed E-state index contributed by atoms with van der Waals surface area (Å²) in [5.74, 6) is 1.24. The van der Waals surface area contributed by atoms with Gasteiger partial charge < -0.3 is 15.4 Å². The Labute approximate surface area is 209 Å². The van der Waals surface area contributed by atoms with Gasteiger partial charge in [-0.2, -0.15) is 0 Å². The Hall–Kier alpha value is -4.45. The monoisotopic (exact) mass is 508 g/mol. The van der Waals surface area contributed by atoms with Crippen molar-refractivity contribution in [2.24, 2.45) is 0 Å². The van der Waals surface area contributed by atoms with Crippen molar-refractivity contribution in [2.75, 3.05) is 12.4 Å². The Morgan fingerprint density at radius 1 is 1.11 bits per heavy atom. The number of benzene rings is 3. The first kappa shape index (κ1) is 24.7. The number of nitrogens with one attached hydrogen (secondary N) is 2. The largest absolute Gasteiger partial charge is 0.497 e. The molecule has 0 bridgehead atoms. The Kier molecular flexibility index (Phi) is 7.75. The summed E-state index contributed by atoms with van der Waals surface area (Å²) in [6.45, 7) is 0.00482. The van der Waals surface area contributed by atoms with Gasteiger partial charge in [-0.3, -0.25) is 14.7 Å². The molecule has 0 aliphatic rings. The van der Waals surface area contributed by atoms with Crippen LogP contribution < -0.4 is 15.4 Å². The van der Waals surface area contributed by atoms with Crippen LogP contribution in [0.5, 0.6) is 5.75 Å². The molecule has 4 aromatic rings. The van der Waals surface area contributed by atoms with Crippen LogP contribution in [0.3, 0.4) is 0 Å². The van der Waals surface area contributed by atoms with Crippen LogP contribution in [0.15, 0.2) is 78.0 Å². The molecular formula is C24H21FN6O4S. The van der Waals surface area contributed by atoms with E-state index in [0.717, 1.165) is 11.3 Å². The molecule has 0 unspecified atom stereocenters. The molecule has 0 saturated carbocycles. The van der Waals surface area contributed by atoms with Crippen molar-refractivity contribution in [1.82, 2.24) is 20.1 Å².